The van der Waals surface area contributed by atoms with Gasteiger partial charge < -0.3 is 72.4 Å². The number of imidazole rings is 2. The second kappa shape index (κ2) is 24.6. The number of benzene rings is 2. The summed E-state index contributed by atoms with van der Waals surface area (Å²) in [5.41, 5.74) is 12.7. The molecule has 10 atom stereocenters. The molecule has 6 aromatic rings. The Morgan fingerprint density at radius 2 is 0.971 bits per heavy atom. The number of fused-ring (bicyclic) bond motifs is 2. The lowest BCUT2D eigenvalue weighted by Crippen LogP contribution is -2.45. The number of halogens is 2. The second-order valence-corrected chi connectivity index (χ2v) is 15.8. The molecule has 2 amide bonds. The molecule has 0 radical (unpaired) electrons. The lowest BCUT2D eigenvalue weighted by molar-refractivity contribution is -0.385. The van der Waals surface area contributed by atoms with E-state index in [2.05, 4.69) is 72.4 Å². The van der Waals surface area contributed by atoms with Gasteiger partial charge in [-0.05, 0) is 24.3 Å². The van der Waals surface area contributed by atoms with Crippen molar-refractivity contribution >= 4 is 89.0 Å². The molecule has 70 heavy (non-hydrogen) atoms. The fourth-order valence-electron chi connectivity index (χ4n) is 6.49. The van der Waals surface area contributed by atoms with Crippen molar-refractivity contribution in [1.82, 2.24) is 49.7 Å². The van der Waals surface area contributed by atoms with Crippen LogP contribution in [0.4, 0.5) is 23.0 Å². The molecule has 2 aliphatic heterocycles. The molecule has 10 unspecified atom stereocenters. The number of nitro groups is 2. The highest BCUT2D eigenvalue weighted by Crippen LogP contribution is 2.35. The Balaban J connectivity index is 0.000000189. The van der Waals surface area contributed by atoms with Crippen LogP contribution in [-0.4, -0.2) is 174 Å². The van der Waals surface area contributed by atoms with Crippen LogP contribution < -0.4 is 22.1 Å². The van der Waals surface area contributed by atoms with Gasteiger partial charge in [-0.15, -0.1) is 0 Å². The van der Waals surface area contributed by atoms with Gasteiger partial charge in [-0.25, -0.2) is 29.9 Å². The first-order valence-electron chi connectivity index (χ1n) is 20.0. The Bertz CT molecular complexity index is 2540. The molecule has 6 heterocycles. The van der Waals surface area contributed by atoms with E-state index in [0.717, 1.165) is 0 Å². The summed E-state index contributed by atoms with van der Waals surface area (Å²) in [6.45, 7) is -0.267. The number of hydrogen-bond acceptors (Lipinski definition) is 24. The molecule has 32 heteroatoms. The minimum atomic E-state index is -1.36. The lowest BCUT2D eigenvalue weighted by Gasteiger charge is -2.21. The van der Waals surface area contributed by atoms with Crippen LogP contribution in [0.5, 0.6) is 11.5 Å². The number of nitrogens with zero attached hydrogens (tertiary/aromatic N) is 10. The van der Waals surface area contributed by atoms with Crippen LogP contribution in [-0.2, 0) is 19.1 Å². The van der Waals surface area contributed by atoms with Gasteiger partial charge >= 0.3 is 0 Å². The van der Waals surface area contributed by atoms with E-state index in [-0.39, 0.29) is 70.1 Å². The van der Waals surface area contributed by atoms with Gasteiger partial charge in [0.05, 0.1) is 33.2 Å². The first-order valence-corrected chi connectivity index (χ1v) is 22.3. The number of alkyl halides is 2. The number of hydrogen-bond donors (Lipinski definition) is 12. The van der Waals surface area contributed by atoms with Crippen LogP contribution in [0.1, 0.15) is 12.5 Å². The number of nitro benzene ring substituents is 2. The van der Waals surface area contributed by atoms with Crippen molar-refractivity contribution in [3.8, 4) is 11.5 Å². The van der Waals surface area contributed by atoms with Crippen LogP contribution in [0.25, 0.3) is 22.3 Å². The number of non-ortho nitro benzene ring substituents is 2. The summed E-state index contributed by atoms with van der Waals surface area (Å²) < 4.78 is 14.0. The van der Waals surface area contributed by atoms with Crippen molar-refractivity contribution in [1.29, 1.82) is 0 Å². The van der Waals surface area contributed by atoms with Gasteiger partial charge in [0.2, 0.25) is 11.8 Å². The topological polar surface area (TPSA) is 464 Å². The molecule has 0 spiro atoms. The van der Waals surface area contributed by atoms with Crippen molar-refractivity contribution < 1.29 is 69.8 Å². The van der Waals surface area contributed by atoms with Gasteiger partial charge in [0, 0.05) is 37.4 Å². The van der Waals surface area contributed by atoms with E-state index in [0.29, 0.717) is 22.3 Å². The number of carbonyl (C=O) groups excluding carboxylic acids is 2. The number of rotatable bonds is 12. The average Bonchev–Trinajstić information content (AvgIpc) is 4.12. The highest BCUT2D eigenvalue weighted by Gasteiger charge is 2.48. The van der Waals surface area contributed by atoms with E-state index >= 15 is 0 Å². The summed E-state index contributed by atoms with van der Waals surface area (Å²) in [5, 5.41) is 104. The predicted octanol–water partition coefficient (Wildman–Crippen LogP) is -1.60. The maximum Gasteiger partial charge on any atom is 0.269 e. The Labute approximate surface area is 409 Å². The van der Waals surface area contributed by atoms with Crippen LogP contribution in [0, 0.1) is 20.2 Å². The maximum absolute atomic E-state index is 11.2. The SMILES string of the molecule is Nc1ncnc2c1ncn2C1OC(C(O)CNC(=O)CBr)C(O)C1O.Nc1ncnc2c1ncn2C1OC(C(O)CNC(=O)CBr)C(O)C1O.O=[N+]([O-])c1ccc(O)cc1.O=[N+]([O-])c1ccc(O)cc1. The summed E-state index contributed by atoms with van der Waals surface area (Å²) >= 11 is 5.97. The number of ether oxygens (including phenoxy) is 2. The number of amides is 2. The zero-order chi connectivity index (χ0) is 51.4. The largest absolute Gasteiger partial charge is 0.508 e. The third-order valence-electron chi connectivity index (χ3n) is 10.0. The number of nitrogen functional groups attached to an aromatic ring is 2. The number of aromatic nitrogens is 8. The monoisotopic (exact) mass is 1110 g/mol. The smallest absolute Gasteiger partial charge is 0.269 e. The molecule has 0 saturated carbocycles. The molecule has 2 saturated heterocycles. The van der Waals surface area contributed by atoms with Crippen molar-refractivity contribution in [2.24, 2.45) is 0 Å². The fourth-order valence-corrected chi connectivity index (χ4v) is 6.89. The van der Waals surface area contributed by atoms with E-state index < -0.39 is 71.1 Å². The summed E-state index contributed by atoms with van der Waals surface area (Å²) in [6, 6.07) is 10.1. The lowest BCUT2D eigenvalue weighted by atomic mass is 10.1. The molecule has 8 rings (SSSR count). The van der Waals surface area contributed by atoms with Gasteiger partial charge in [-0.3, -0.25) is 39.0 Å². The van der Waals surface area contributed by atoms with Gasteiger partial charge in [0.25, 0.3) is 11.4 Å². The first-order chi connectivity index (χ1) is 33.3. The Hall–Kier alpha value is -6.88. The summed E-state index contributed by atoms with van der Waals surface area (Å²) in [4.78, 5) is 65.5. The summed E-state index contributed by atoms with van der Waals surface area (Å²) in [5.74, 6) is -0.235. The highest BCUT2D eigenvalue weighted by molar-refractivity contribution is 9.09. The van der Waals surface area contributed by atoms with E-state index in [9.17, 15) is 60.5 Å². The number of nitrogens with two attached hydrogens (primary N) is 2. The van der Waals surface area contributed by atoms with Crippen molar-refractivity contribution in [3.63, 3.8) is 0 Å². The van der Waals surface area contributed by atoms with E-state index in [1.807, 2.05) is 0 Å². The van der Waals surface area contributed by atoms with Crippen LogP contribution in [0.2, 0.25) is 0 Å². The number of anilines is 2. The van der Waals surface area contributed by atoms with E-state index in [1.165, 1.54) is 83.0 Å². The number of phenolic OH excluding ortho intramolecular Hbond substituents is 2. The van der Waals surface area contributed by atoms with Crippen molar-refractivity contribution in [3.05, 3.63) is 94.1 Å². The molecule has 30 nitrogen and oxygen atoms in total. The summed E-state index contributed by atoms with van der Waals surface area (Å²) in [7, 11) is 0. The number of carbonyl (C=O) groups is 2. The molecular weight excluding hydrogens is 1070 g/mol. The molecular formula is C38H44Br2N14O16. The van der Waals surface area contributed by atoms with Gasteiger partial charge in [-0.1, -0.05) is 31.9 Å². The fraction of sp³-hybridized carbons (Fsp3) is 0.368. The Morgan fingerprint density at radius 1 is 0.629 bits per heavy atom. The van der Waals surface area contributed by atoms with Gasteiger partial charge in [-0.2, -0.15) is 0 Å². The molecule has 2 aromatic carbocycles. The second-order valence-electron chi connectivity index (χ2n) is 14.7. The quantitative estimate of drug-likeness (QED) is 0.0373. The number of aliphatic hydroxyl groups excluding tert-OH is 6. The van der Waals surface area contributed by atoms with E-state index in [1.54, 1.807) is 0 Å². The Morgan fingerprint density at radius 3 is 1.29 bits per heavy atom. The number of aromatic hydroxyl groups is 2. The Kier molecular flexibility index (Phi) is 19.0. The standard InChI is InChI=1S/2C13H17BrN6O5.2C6H5NO3/c2*14-1-6(22)16-2-5(21)10-8(23)9(24)13(25-10)20-4-19-7-11(15)17-3-18-12(7)20;2*8-6-3-1-5(2-4-6)7(9)10/h2*3-5,8-10,13,21,23-24H,1-2H2,(H,16,22)(H2,15,17,18);2*1-4,8H. The molecule has 0 aliphatic carbocycles. The molecule has 14 N–H and O–H groups in total. The minimum Gasteiger partial charge on any atom is -0.508 e. The van der Waals surface area contributed by atoms with Crippen molar-refractivity contribution in [2.75, 3.05) is 35.2 Å². The third-order valence-corrected chi connectivity index (χ3v) is 11.0. The molecule has 2 fully saturated rings. The summed E-state index contributed by atoms with van der Waals surface area (Å²) in [6.07, 6.45) is -6.88. The average molecular weight is 1110 g/mol. The maximum atomic E-state index is 11.2. The molecule has 0 bridgehead atoms. The number of phenols is 2. The van der Waals surface area contributed by atoms with Gasteiger partial charge in [0.15, 0.2) is 35.4 Å². The zero-order valence-corrected chi connectivity index (χ0v) is 38.9. The van der Waals surface area contributed by atoms with Crippen LogP contribution >= 0.6 is 31.9 Å². The normalized spacial score (nSPS) is 22.3. The van der Waals surface area contributed by atoms with Crippen LogP contribution in [0.15, 0.2) is 73.8 Å². The van der Waals surface area contributed by atoms with E-state index in [4.69, 9.17) is 31.2 Å². The predicted molar refractivity (Wildman–Crippen MR) is 246 cm³/mol. The molecule has 2 aliphatic rings. The van der Waals surface area contributed by atoms with Crippen molar-refractivity contribution in [2.45, 2.75) is 61.3 Å². The van der Waals surface area contributed by atoms with Gasteiger partial charge in [0.1, 0.15) is 84.0 Å². The highest BCUT2D eigenvalue weighted by atomic mass is 79.9. The zero-order valence-electron chi connectivity index (χ0n) is 35.8. The number of aliphatic hydroxyl groups is 6. The third kappa shape index (κ3) is 13.3. The number of nitrogens with one attached hydrogen (secondary N) is 2. The van der Waals surface area contributed by atoms with Crippen LogP contribution in [0.3, 0.4) is 0 Å². The molecule has 376 valence electrons. The first kappa shape index (κ1) is 54.1. The molecule has 4 aromatic heterocycles. The minimum absolute atomic E-state index is 0.0159.